The first kappa shape index (κ1) is 22.1. The number of esters is 1. The Kier molecular flexibility index (Phi) is 10.6. The zero-order valence-corrected chi connectivity index (χ0v) is 16.4. The lowest BCUT2D eigenvalue weighted by Crippen LogP contribution is -2.03. The molecule has 0 bridgehead atoms. The minimum Gasteiger partial charge on any atom is -0.494 e. The fraction of sp³-hybridized carbons (Fsp3) is 0.350. The molecule has 0 amide bonds. The summed E-state index contributed by atoms with van der Waals surface area (Å²) in [6.07, 6.45) is 4.42. The van der Waals surface area contributed by atoms with Gasteiger partial charge in [-0.3, -0.25) is 0 Å². The van der Waals surface area contributed by atoms with Crippen molar-refractivity contribution >= 4 is 35.7 Å². The van der Waals surface area contributed by atoms with Gasteiger partial charge in [0.25, 0.3) is 0 Å². The number of nitrogens with one attached hydrogen (secondary N) is 1. The molecule has 0 aliphatic heterocycles. The van der Waals surface area contributed by atoms with Gasteiger partial charge >= 0.3 is 5.97 Å². The molecule has 0 saturated carbocycles. The highest BCUT2D eigenvalue weighted by molar-refractivity contribution is 6.30. The van der Waals surface area contributed by atoms with Crippen molar-refractivity contribution in [3.63, 3.8) is 0 Å². The van der Waals surface area contributed by atoms with Crippen LogP contribution in [0.2, 0.25) is 5.02 Å². The third-order valence-corrected chi connectivity index (χ3v) is 4.04. The van der Waals surface area contributed by atoms with Gasteiger partial charge in [-0.15, -0.1) is 12.4 Å². The van der Waals surface area contributed by atoms with Crippen LogP contribution in [-0.4, -0.2) is 26.2 Å². The van der Waals surface area contributed by atoms with Gasteiger partial charge in [0.2, 0.25) is 0 Å². The SMILES string of the molecule is COC(=O)c1ccc(OCCCCCCNc2ccc(Cl)cc2)cc1.Cl. The highest BCUT2D eigenvalue weighted by atomic mass is 35.5. The second-order valence-electron chi connectivity index (χ2n) is 5.71. The Morgan fingerprint density at radius 1 is 0.962 bits per heavy atom. The molecule has 6 heteroatoms. The number of anilines is 1. The first-order valence-electron chi connectivity index (χ1n) is 8.49. The lowest BCUT2D eigenvalue weighted by Gasteiger charge is -2.08. The van der Waals surface area contributed by atoms with Gasteiger partial charge in [-0.25, -0.2) is 4.79 Å². The average molecular weight is 398 g/mol. The Labute approximate surface area is 166 Å². The minimum atomic E-state index is -0.334. The maximum absolute atomic E-state index is 11.3. The van der Waals surface area contributed by atoms with Crippen molar-refractivity contribution in [2.24, 2.45) is 0 Å². The molecule has 0 aliphatic carbocycles. The molecule has 0 unspecified atom stereocenters. The molecule has 0 atom stereocenters. The number of unbranched alkanes of at least 4 members (excludes halogenated alkanes) is 3. The Balaban J connectivity index is 0.00000338. The molecule has 2 rings (SSSR count). The van der Waals surface area contributed by atoms with Crippen LogP contribution in [0.15, 0.2) is 48.5 Å². The monoisotopic (exact) mass is 397 g/mol. The first-order valence-corrected chi connectivity index (χ1v) is 8.87. The van der Waals surface area contributed by atoms with Crippen LogP contribution in [0.4, 0.5) is 5.69 Å². The van der Waals surface area contributed by atoms with E-state index in [0.717, 1.165) is 48.7 Å². The zero-order valence-electron chi connectivity index (χ0n) is 14.9. The fourth-order valence-electron chi connectivity index (χ4n) is 2.38. The summed E-state index contributed by atoms with van der Waals surface area (Å²) < 4.78 is 10.3. The van der Waals surface area contributed by atoms with Crippen molar-refractivity contribution in [1.82, 2.24) is 0 Å². The normalized spacial score (nSPS) is 9.92. The van der Waals surface area contributed by atoms with Crippen LogP contribution in [-0.2, 0) is 4.74 Å². The van der Waals surface area contributed by atoms with Gasteiger partial charge in [-0.05, 0) is 61.4 Å². The number of halogens is 2. The number of benzene rings is 2. The summed E-state index contributed by atoms with van der Waals surface area (Å²) in [7, 11) is 1.37. The number of ether oxygens (including phenoxy) is 2. The molecule has 2 aromatic rings. The molecule has 0 aromatic heterocycles. The number of carbonyl (C=O) groups is 1. The number of rotatable bonds is 10. The highest BCUT2D eigenvalue weighted by Crippen LogP contribution is 2.15. The van der Waals surface area contributed by atoms with Crippen molar-refractivity contribution in [2.45, 2.75) is 25.7 Å². The molecule has 4 nitrogen and oxygen atoms in total. The molecule has 0 spiro atoms. The molecule has 0 heterocycles. The third-order valence-electron chi connectivity index (χ3n) is 3.79. The molecular formula is C20H25Cl2NO3. The highest BCUT2D eigenvalue weighted by Gasteiger charge is 2.04. The molecule has 0 radical (unpaired) electrons. The van der Waals surface area contributed by atoms with E-state index in [-0.39, 0.29) is 18.4 Å². The van der Waals surface area contributed by atoms with Gasteiger partial charge in [-0.2, -0.15) is 0 Å². The van der Waals surface area contributed by atoms with Crippen LogP contribution in [0.5, 0.6) is 5.75 Å². The smallest absolute Gasteiger partial charge is 0.337 e. The molecule has 0 fully saturated rings. The summed E-state index contributed by atoms with van der Waals surface area (Å²) in [6, 6.07) is 14.8. The Hall–Kier alpha value is -1.91. The second-order valence-corrected chi connectivity index (χ2v) is 6.15. The lowest BCUT2D eigenvalue weighted by atomic mass is 10.2. The average Bonchev–Trinajstić information content (AvgIpc) is 2.65. The third kappa shape index (κ3) is 7.98. The van der Waals surface area contributed by atoms with Crippen LogP contribution in [0, 0.1) is 0 Å². The number of hydrogen-bond acceptors (Lipinski definition) is 4. The maximum Gasteiger partial charge on any atom is 0.337 e. The van der Waals surface area contributed by atoms with Crippen molar-refractivity contribution in [3.05, 3.63) is 59.1 Å². The predicted molar refractivity (Wildman–Crippen MR) is 109 cm³/mol. The van der Waals surface area contributed by atoms with Crippen molar-refractivity contribution in [1.29, 1.82) is 0 Å². The Morgan fingerprint density at radius 3 is 2.27 bits per heavy atom. The summed E-state index contributed by atoms with van der Waals surface area (Å²) >= 11 is 5.86. The van der Waals surface area contributed by atoms with E-state index in [1.54, 1.807) is 24.3 Å². The largest absolute Gasteiger partial charge is 0.494 e. The first-order chi connectivity index (χ1) is 12.2. The summed E-state index contributed by atoms with van der Waals surface area (Å²) in [4.78, 5) is 11.3. The van der Waals surface area contributed by atoms with Gasteiger partial charge < -0.3 is 14.8 Å². The Bertz CT molecular complexity index is 645. The predicted octanol–water partition coefficient (Wildman–Crippen LogP) is 5.60. The number of methoxy groups -OCH3 is 1. The van der Waals surface area contributed by atoms with Crippen LogP contribution in [0.1, 0.15) is 36.0 Å². The minimum absolute atomic E-state index is 0. The summed E-state index contributed by atoms with van der Waals surface area (Å²) in [5, 5.41) is 4.14. The van der Waals surface area contributed by atoms with E-state index in [2.05, 4.69) is 10.1 Å². The van der Waals surface area contributed by atoms with Crippen LogP contribution >= 0.6 is 24.0 Å². The topological polar surface area (TPSA) is 47.6 Å². The van der Waals surface area contributed by atoms with Crippen LogP contribution < -0.4 is 10.1 Å². The van der Waals surface area contributed by atoms with Crippen LogP contribution in [0.25, 0.3) is 0 Å². The van der Waals surface area contributed by atoms with Gasteiger partial charge in [-0.1, -0.05) is 24.4 Å². The van der Waals surface area contributed by atoms with Crippen molar-refractivity contribution in [2.75, 3.05) is 25.6 Å². The molecule has 26 heavy (non-hydrogen) atoms. The van der Waals surface area contributed by atoms with E-state index in [9.17, 15) is 4.79 Å². The lowest BCUT2D eigenvalue weighted by molar-refractivity contribution is 0.0600. The van der Waals surface area contributed by atoms with Gasteiger partial charge in [0, 0.05) is 17.3 Å². The molecule has 1 N–H and O–H groups in total. The fourth-order valence-corrected chi connectivity index (χ4v) is 2.50. The summed E-state index contributed by atoms with van der Waals surface area (Å²) in [5.41, 5.74) is 1.63. The quantitative estimate of drug-likeness (QED) is 0.418. The molecule has 2 aromatic carbocycles. The summed E-state index contributed by atoms with van der Waals surface area (Å²) in [5.74, 6) is 0.441. The molecule has 0 saturated heterocycles. The van der Waals surface area contributed by atoms with Gasteiger partial charge in [0.15, 0.2) is 0 Å². The number of carbonyl (C=O) groups excluding carboxylic acids is 1. The Morgan fingerprint density at radius 2 is 1.62 bits per heavy atom. The van der Waals surface area contributed by atoms with E-state index in [1.807, 2.05) is 24.3 Å². The van der Waals surface area contributed by atoms with Gasteiger partial charge in [0.1, 0.15) is 5.75 Å². The standard InChI is InChI=1S/C20H24ClNO3.ClH/c1-24-20(23)16-6-12-19(13-7-16)25-15-5-3-2-4-14-22-18-10-8-17(21)9-11-18;/h6-13,22H,2-5,14-15H2,1H3;1H. The van der Waals surface area contributed by atoms with E-state index >= 15 is 0 Å². The molecular weight excluding hydrogens is 373 g/mol. The number of hydrogen-bond donors (Lipinski definition) is 1. The van der Waals surface area contributed by atoms with E-state index in [0.29, 0.717) is 12.2 Å². The van der Waals surface area contributed by atoms with E-state index in [4.69, 9.17) is 16.3 Å². The van der Waals surface area contributed by atoms with Crippen molar-refractivity contribution < 1.29 is 14.3 Å². The zero-order chi connectivity index (χ0) is 17.9. The van der Waals surface area contributed by atoms with E-state index in [1.165, 1.54) is 7.11 Å². The van der Waals surface area contributed by atoms with Crippen LogP contribution in [0.3, 0.4) is 0 Å². The summed E-state index contributed by atoms with van der Waals surface area (Å²) in [6.45, 7) is 1.64. The van der Waals surface area contributed by atoms with Gasteiger partial charge in [0.05, 0.1) is 19.3 Å². The molecule has 0 aliphatic rings. The molecule has 142 valence electrons. The van der Waals surface area contributed by atoms with Crippen molar-refractivity contribution in [3.8, 4) is 5.75 Å². The maximum atomic E-state index is 11.3. The second kappa shape index (κ2) is 12.4. The van der Waals surface area contributed by atoms with E-state index < -0.39 is 0 Å².